The minimum Gasteiger partial charge on any atom is -0.394 e. The van der Waals surface area contributed by atoms with Crippen LogP contribution in [0.25, 0.3) is 16.6 Å². The highest BCUT2D eigenvalue weighted by atomic mass is 35.5. The summed E-state index contributed by atoms with van der Waals surface area (Å²) in [4.78, 5) is 17.7. The predicted octanol–water partition coefficient (Wildman–Crippen LogP) is 3.91. The number of benzene rings is 1. The van der Waals surface area contributed by atoms with Crippen LogP contribution in [0, 0.1) is 18.7 Å². The van der Waals surface area contributed by atoms with Crippen LogP contribution in [0.1, 0.15) is 24.0 Å². The molecule has 3 aromatic heterocycles. The Morgan fingerprint density at radius 2 is 2.09 bits per heavy atom. The maximum Gasteiger partial charge on any atom is 0.266 e. The Kier molecular flexibility index (Phi) is 5.64. The van der Waals surface area contributed by atoms with Gasteiger partial charge in [0.25, 0.3) is 5.56 Å². The molecule has 5 rings (SSSR count). The number of halogens is 2. The molecule has 33 heavy (non-hydrogen) atoms. The van der Waals surface area contributed by atoms with Gasteiger partial charge in [-0.25, -0.2) is 9.37 Å². The summed E-state index contributed by atoms with van der Waals surface area (Å²) in [6.07, 6.45) is 6.86. The van der Waals surface area contributed by atoms with E-state index < -0.39 is 0 Å². The molecule has 2 N–H and O–H groups in total. The molecule has 1 fully saturated rings. The number of aryl methyl sites for hydroxylation is 1. The van der Waals surface area contributed by atoms with Crippen molar-refractivity contribution in [1.29, 1.82) is 0 Å². The standard InChI is InChI=1S/C24H23ClFN5O2/c1-14-11-30(21-8-22(27-10-18(21)25)29-20(13-32)15-6-7-15)24(33)17-9-28-31(23(14)17)12-16-4-2-3-5-19(16)26/h2-5,8-11,15,20,32H,6-7,12-13H2,1H3,(H,27,29)/t20-/m1/s1. The van der Waals surface area contributed by atoms with Crippen molar-refractivity contribution in [2.75, 3.05) is 11.9 Å². The van der Waals surface area contributed by atoms with Gasteiger partial charge in [0.15, 0.2) is 0 Å². The molecule has 1 aliphatic carbocycles. The quantitative estimate of drug-likeness (QED) is 0.430. The normalized spacial score (nSPS) is 14.5. The van der Waals surface area contributed by atoms with Crippen molar-refractivity contribution in [3.63, 3.8) is 0 Å². The highest BCUT2D eigenvalue weighted by Gasteiger charge is 2.31. The zero-order valence-corrected chi connectivity index (χ0v) is 18.8. The molecule has 0 unspecified atom stereocenters. The van der Waals surface area contributed by atoms with E-state index in [0.717, 1.165) is 18.4 Å². The van der Waals surface area contributed by atoms with Gasteiger partial charge in [-0.3, -0.25) is 14.0 Å². The Labute approximate surface area is 194 Å². The molecule has 0 spiro atoms. The molecule has 3 heterocycles. The Hall–Kier alpha value is -3.23. The first-order valence-electron chi connectivity index (χ1n) is 10.8. The maximum absolute atomic E-state index is 14.1. The van der Waals surface area contributed by atoms with Gasteiger partial charge in [0.05, 0.1) is 53.2 Å². The average Bonchev–Trinajstić information content (AvgIpc) is 3.56. The van der Waals surface area contributed by atoms with Crippen molar-refractivity contribution in [2.45, 2.75) is 32.4 Å². The second kappa shape index (κ2) is 8.61. The largest absolute Gasteiger partial charge is 0.394 e. The molecular formula is C24H23ClFN5O2. The van der Waals surface area contributed by atoms with Gasteiger partial charge in [0, 0.05) is 17.8 Å². The lowest BCUT2D eigenvalue weighted by atomic mass is 10.2. The molecular weight excluding hydrogens is 445 g/mol. The van der Waals surface area contributed by atoms with E-state index in [9.17, 15) is 14.3 Å². The number of nitrogens with one attached hydrogen (secondary N) is 1. The van der Waals surface area contributed by atoms with E-state index >= 15 is 0 Å². The second-order valence-electron chi connectivity index (χ2n) is 8.43. The van der Waals surface area contributed by atoms with Crippen molar-refractivity contribution in [3.05, 3.63) is 81.2 Å². The maximum atomic E-state index is 14.1. The third-order valence-corrected chi connectivity index (χ3v) is 6.37. The van der Waals surface area contributed by atoms with Crippen LogP contribution in [0.5, 0.6) is 0 Å². The van der Waals surface area contributed by atoms with E-state index in [1.54, 1.807) is 35.1 Å². The smallest absolute Gasteiger partial charge is 0.266 e. The summed E-state index contributed by atoms with van der Waals surface area (Å²) in [5, 5.41) is 18.0. The van der Waals surface area contributed by atoms with Gasteiger partial charge in [-0.15, -0.1) is 0 Å². The number of hydrogen-bond acceptors (Lipinski definition) is 5. The summed E-state index contributed by atoms with van der Waals surface area (Å²) in [5.41, 5.74) is 2.14. The Bertz CT molecular complexity index is 1400. The fourth-order valence-corrected chi connectivity index (χ4v) is 4.37. The van der Waals surface area contributed by atoms with Gasteiger partial charge in [0.1, 0.15) is 11.6 Å². The number of aliphatic hydroxyl groups excluding tert-OH is 1. The molecule has 0 amide bonds. The fraction of sp³-hybridized carbons (Fsp3) is 0.292. The SMILES string of the molecule is Cc1cn(-c2cc(N[C@H](CO)C3CC3)ncc2Cl)c(=O)c2cnn(Cc3ccccc3F)c12. The van der Waals surface area contributed by atoms with E-state index in [1.807, 2.05) is 6.92 Å². The minimum atomic E-state index is -0.317. The molecule has 0 aliphatic heterocycles. The van der Waals surface area contributed by atoms with Crippen molar-refractivity contribution in [1.82, 2.24) is 19.3 Å². The van der Waals surface area contributed by atoms with E-state index in [4.69, 9.17) is 11.6 Å². The van der Waals surface area contributed by atoms with Crippen LogP contribution < -0.4 is 10.9 Å². The predicted molar refractivity (Wildman–Crippen MR) is 126 cm³/mol. The Morgan fingerprint density at radius 3 is 2.82 bits per heavy atom. The summed E-state index contributed by atoms with van der Waals surface area (Å²) in [5.74, 6) is 0.654. The van der Waals surface area contributed by atoms with Gasteiger partial charge in [-0.1, -0.05) is 29.8 Å². The third kappa shape index (κ3) is 4.12. The lowest BCUT2D eigenvalue weighted by molar-refractivity contribution is 0.263. The molecule has 1 saturated carbocycles. The molecule has 7 nitrogen and oxygen atoms in total. The second-order valence-corrected chi connectivity index (χ2v) is 8.84. The minimum absolute atomic E-state index is 0.0104. The van der Waals surface area contributed by atoms with E-state index in [-0.39, 0.29) is 30.6 Å². The molecule has 1 atom stereocenters. The summed E-state index contributed by atoms with van der Waals surface area (Å²) in [7, 11) is 0. The van der Waals surface area contributed by atoms with Crippen molar-refractivity contribution < 1.29 is 9.50 Å². The highest BCUT2D eigenvalue weighted by molar-refractivity contribution is 6.32. The highest BCUT2D eigenvalue weighted by Crippen LogP contribution is 2.34. The number of pyridine rings is 2. The van der Waals surface area contributed by atoms with Crippen LogP contribution >= 0.6 is 11.6 Å². The number of nitrogens with zero attached hydrogens (tertiary/aromatic N) is 4. The number of rotatable bonds is 7. The van der Waals surface area contributed by atoms with Gasteiger partial charge in [0.2, 0.25) is 0 Å². The first-order chi connectivity index (χ1) is 16.0. The lowest BCUT2D eigenvalue weighted by Gasteiger charge is -2.18. The van der Waals surface area contributed by atoms with Crippen LogP contribution in [0.3, 0.4) is 0 Å². The summed E-state index contributed by atoms with van der Waals surface area (Å²) in [6.45, 7) is 2.10. The number of aliphatic hydroxyl groups is 1. The van der Waals surface area contributed by atoms with E-state index in [0.29, 0.717) is 38.9 Å². The third-order valence-electron chi connectivity index (χ3n) is 6.08. The summed E-state index contributed by atoms with van der Waals surface area (Å²) in [6, 6.07) is 8.15. The zero-order valence-electron chi connectivity index (χ0n) is 18.0. The van der Waals surface area contributed by atoms with Gasteiger partial charge in [-0.05, 0) is 37.3 Å². The van der Waals surface area contributed by atoms with E-state index in [1.165, 1.54) is 23.0 Å². The first-order valence-corrected chi connectivity index (χ1v) is 11.2. The lowest BCUT2D eigenvalue weighted by Crippen LogP contribution is -2.27. The molecule has 1 aliphatic rings. The summed E-state index contributed by atoms with van der Waals surface area (Å²) < 4.78 is 17.3. The molecule has 170 valence electrons. The van der Waals surface area contributed by atoms with Crippen LogP contribution in [0.15, 0.2) is 53.7 Å². The molecule has 1 aromatic carbocycles. The summed E-state index contributed by atoms with van der Waals surface area (Å²) >= 11 is 6.42. The topological polar surface area (TPSA) is 85.0 Å². The number of hydrogen-bond donors (Lipinski definition) is 2. The van der Waals surface area contributed by atoms with Gasteiger partial charge in [-0.2, -0.15) is 5.10 Å². The van der Waals surface area contributed by atoms with Crippen molar-refractivity contribution in [3.8, 4) is 5.69 Å². The number of anilines is 1. The Morgan fingerprint density at radius 1 is 1.30 bits per heavy atom. The molecule has 0 radical (unpaired) electrons. The molecule has 9 heteroatoms. The Balaban J connectivity index is 1.54. The molecule has 0 bridgehead atoms. The van der Waals surface area contributed by atoms with Crippen LogP contribution in [-0.2, 0) is 6.54 Å². The van der Waals surface area contributed by atoms with Gasteiger partial charge < -0.3 is 10.4 Å². The first kappa shape index (κ1) is 21.6. The molecule has 0 saturated heterocycles. The fourth-order valence-electron chi connectivity index (χ4n) is 4.18. The zero-order chi connectivity index (χ0) is 23.1. The average molecular weight is 468 g/mol. The van der Waals surface area contributed by atoms with Crippen molar-refractivity contribution >= 4 is 28.3 Å². The van der Waals surface area contributed by atoms with Crippen LogP contribution in [0.2, 0.25) is 5.02 Å². The van der Waals surface area contributed by atoms with Crippen LogP contribution in [-0.4, -0.2) is 37.1 Å². The monoisotopic (exact) mass is 467 g/mol. The number of aromatic nitrogens is 4. The number of fused-ring (bicyclic) bond motifs is 1. The van der Waals surface area contributed by atoms with Gasteiger partial charge >= 0.3 is 0 Å². The molecule has 4 aromatic rings. The van der Waals surface area contributed by atoms with E-state index in [2.05, 4.69) is 15.4 Å². The van der Waals surface area contributed by atoms with Crippen LogP contribution in [0.4, 0.5) is 10.2 Å². The van der Waals surface area contributed by atoms with Crippen molar-refractivity contribution in [2.24, 2.45) is 5.92 Å².